The van der Waals surface area contributed by atoms with Crippen LogP contribution in [0.15, 0.2) is 48.5 Å². The van der Waals surface area contributed by atoms with Crippen molar-refractivity contribution in [1.29, 1.82) is 0 Å². The van der Waals surface area contributed by atoms with Crippen molar-refractivity contribution in [3.63, 3.8) is 0 Å². The highest BCUT2D eigenvalue weighted by molar-refractivity contribution is 5.96. The minimum absolute atomic E-state index is 0.221. The smallest absolute Gasteiger partial charge is 0.490 e. The highest BCUT2D eigenvalue weighted by Crippen LogP contribution is 2.24. The Kier molecular flexibility index (Phi) is 7.69. The minimum atomic E-state index is -4.74. The molecule has 0 atom stereocenters. The summed E-state index contributed by atoms with van der Waals surface area (Å²) in [6.45, 7) is 3.43. The van der Waals surface area contributed by atoms with Crippen LogP contribution < -0.4 is 9.47 Å². The van der Waals surface area contributed by atoms with Crippen LogP contribution in [0.25, 0.3) is 0 Å². The predicted molar refractivity (Wildman–Crippen MR) is 97.4 cm³/mol. The Morgan fingerprint density at radius 1 is 1.04 bits per heavy atom. The van der Waals surface area contributed by atoms with Crippen molar-refractivity contribution in [2.75, 3.05) is 26.9 Å². The average Bonchev–Trinajstić information content (AvgIpc) is 2.65. The van der Waals surface area contributed by atoms with Crippen molar-refractivity contribution in [3.05, 3.63) is 59.7 Å². The number of ether oxygens (including phenoxy) is 3. The number of benzene rings is 2. The van der Waals surface area contributed by atoms with Gasteiger partial charge < -0.3 is 19.1 Å². The van der Waals surface area contributed by atoms with Crippen molar-refractivity contribution < 1.29 is 32.2 Å². The van der Waals surface area contributed by atoms with Crippen molar-refractivity contribution in [1.82, 2.24) is 4.90 Å². The van der Waals surface area contributed by atoms with Gasteiger partial charge in [0.2, 0.25) is 0 Å². The van der Waals surface area contributed by atoms with E-state index < -0.39 is 6.36 Å². The van der Waals surface area contributed by atoms with Crippen LogP contribution in [-0.2, 0) is 11.3 Å². The molecule has 0 bridgehead atoms. The van der Waals surface area contributed by atoms with Gasteiger partial charge in [-0.1, -0.05) is 24.3 Å². The Morgan fingerprint density at radius 3 is 2.36 bits per heavy atom. The molecule has 0 saturated carbocycles. The van der Waals surface area contributed by atoms with Gasteiger partial charge in [0, 0.05) is 20.2 Å². The molecule has 0 aliphatic heterocycles. The summed E-state index contributed by atoms with van der Waals surface area (Å²) in [4.78, 5) is 14.2. The van der Waals surface area contributed by atoms with E-state index in [0.717, 1.165) is 0 Å². The number of nitrogens with zero attached hydrogens (tertiary/aromatic N) is 1. The summed E-state index contributed by atoms with van der Waals surface area (Å²) in [6.07, 6.45) is -4.74. The van der Waals surface area contributed by atoms with E-state index >= 15 is 0 Å². The fourth-order valence-electron chi connectivity index (χ4n) is 2.47. The predicted octanol–water partition coefficient (Wildman–Crippen LogP) is 4.27. The number of alkyl halides is 3. The van der Waals surface area contributed by atoms with E-state index in [2.05, 4.69) is 4.74 Å². The second-order valence-electron chi connectivity index (χ2n) is 5.89. The molecule has 0 radical (unpaired) electrons. The van der Waals surface area contributed by atoms with E-state index in [9.17, 15) is 18.0 Å². The van der Waals surface area contributed by atoms with Gasteiger partial charge in [0.05, 0.1) is 12.2 Å². The topological polar surface area (TPSA) is 48.0 Å². The second kappa shape index (κ2) is 9.98. The Balaban J connectivity index is 2.01. The summed E-state index contributed by atoms with van der Waals surface area (Å²) in [6, 6.07) is 12.3. The molecule has 2 aromatic carbocycles. The zero-order valence-corrected chi connectivity index (χ0v) is 15.7. The summed E-state index contributed by atoms with van der Waals surface area (Å²) >= 11 is 0. The lowest BCUT2D eigenvalue weighted by molar-refractivity contribution is -0.274. The molecule has 2 rings (SSSR count). The highest BCUT2D eigenvalue weighted by Gasteiger charge is 2.31. The Morgan fingerprint density at radius 2 is 1.71 bits per heavy atom. The maximum absolute atomic E-state index is 12.8. The van der Waals surface area contributed by atoms with Crippen LogP contribution >= 0.6 is 0 Å². The van der Waals surface area contributed by atoms with E-state index in [1.54, 1.807) is 31.3 Å². The van der Waals surface area contributed by atoms with E-state index in [1.807, 2.05) is 6.92 Å². The number of hydrogen-bond donors (Lipinski definition) is 0. The van der Waals surface area contributed by atoms with Crippen LogP contribution in [0.3, 0.4) is 0 Å². The molecule has 0 aromatic heterocycles. The van der Waals surface area contributed by atoms with Crippen molar-refractivity contribution >= 4 is 5.91 Å². The third-order valence-electron chi connectivity index (χ3n) is 3.73. The first-order chi connectivity index (χ1) is 13.3. The van der Waals surface area contributed by atoms with Crippen LogP contribution in [0.5, 0.6) is 11.5 Å². The minimum Gasteiger partial charge on any atom is -0.490 e. The molecule has 0 unspecified atom stereocenters. The van der Waals surface area contributed by atoms with Gasteiger partial charge in [0.25, 0.3) is 5.91 Å². The molecule has 5 nitrogen and oxygen atoms in total. The second-order valence-corrected chi connectivity index (χ2v) is 5.89. The summed E-state index contributed by atoms with van der Waals surface area (Å²) in [7, 11) is 1.61. The monoisotopic (exact) mass is 397 g/mol. The number of carbonyl (C=O) groups is 1. The molecule has 2 aromatic rings. The molecule has 0 fully saturated rings. The van der Waals surface area contributed by atoms with Crippen LogP contribution in [-0.4, -0.2) is 44.0 Å². The van der Waals surface area contributed by atoms with Crippen LogP contribution in [0.2, 0.25) is 0 Å². The Hall–Kier alpha value is -2.74. The lowest BCUT2D eigenvalue weighted by atomic mass is 10.1. The third kappa shape index (κ3) is 6.77. The standard InChI is InChI=1S/C20H22F3NO4/c1-3-26-12-13-27-18-7-5-4-6-17(18)19(25)24(2)14-15-8-10-16(11-9-15)28-20(21,22)23/h4-11H,3,12-14H2,1-2H3. The molecular formula is C20H22F3NO4. The maximum atomic E-state index is 12.8. The molecule has 0 N–H and O–H groups in total. The first-order valence-corrected chi connectivity index (χ1v) is 8.70. The van der Waals surface area contributed by atoms with Gasteiger partial charge in [0.1, 0.15) is 18.1 Å². The lowest BCUT2D eigenvalue weighted by Crippen LogP contribution is -2.27. The number of carbonyl (C=O) groups excluding carboxylic acids is 1. The molecular weight excluding hydrogens is 375 g/mol. The normalized spacial score (nSPS) is 11.2. The summed E-state index contributed by atoms with van der Waals surface area (Å²) in [5.74, 6) is -0.117. The molecule has 0 heterocycles. The van der Waals surface area contributed by atoms with Gasteiger partial charge in [-0.3, -0.25) is 4.79 Å². The van der Waals surface area contributed by atoms with E-state index in [1.165, 1.54) is 29.2 Å². The number of amides is 1. The van der Waals surface area contributed by atoms with E-state index in [4.69, 9.17) is 9.47 Å². The molecule has 8 heteroatoms. The van der Waals surface area contributed by atoms with Crippen molar-refractivity contribution in [2.24, 2.45) is 0 Å². The quantitative estimate of drug-likeness (QED) is 0.593. The fourth-order valence-corrected chi connectivity index (χ4v) is 2.47. The van der Waals surface area contributed by atoms with Gasteiger partial charge in [-0.15, -0.1) is 13.2 Å². The average molecular weight is 397 g/mol. The number of hydrogen-bond acceptors (Lipinski definition) is 4. The van der Waals surface area contributed by atoms with E-state index in [-0.39, 0.29) is 18.2 Å². The largest absolute Gasteiger partial charge is 0.573 e. The molecule has 28 heavy (non-hydrogen) atoms. The Labute approximate surface area is 161 Å². The van der Waals surface area contributed by atoms with Gasteiger partial charge in [0.15, 0.2) is 0 Å². The van der Waals surface area contributed by atoms with Gasteiger partial charge >= 0.3 is 6.36 Å². The summed E-state index contributed by atoms with van der Waals surface area (Å²) in [5, 5.41) is 0. The SMILES string of the molecule is CCOCCOc1ccccc1C(=O)N(C)Cc1ccc(OC(F)(F)F)cc1. The first-order valence-electron chi connectivity index (χ1n) is 8.70. The fraction of sp³-hybridized carbons (Fsp3) is 0.350. The number of halogens is 3. The Bertz CT molecular complexity index is 763. The van der Waals surface area contributed by atoms with Crippen LogP contribution in [0.4, 0.5) is 13.2 Å². The van der Waals surface area contributed by atoms with Crippen molar-refractivity contribution in [3.8, 4) is 11.5 Å². The highest BCUT2D eigenvalue weighted by atomic mass is 19.4. The molecule has 152 valence electrons. The van der Waals surface area contributed by atoms with E-state index in [0.29, 0.717) is 36.7 Å². The molecule has 0 saturated heterocycles. The molecule has 0 aliphatic carbocycles. The third-order valence-corrected chi connectivity index (χ3v) is 3.73. The van der Waals surface area contributed by atoms with Gasteiger partial charge in [-0.2, -0.15) is 0 Å². The molecule has 0 aliphatic rings. The number of para-hydroxylation sites is 1. The van der Waals surface area contributed by atoms with Crippen molar-refractivity contribution in [2.45, 2.75) is 19.8 Å². The summed E-state index contributed by atoms with van der Waals surface area (Å²) < 4.78 is 51.4. The number of rotatable bonds is 9. The first kappa shape index (κ1) is 21.6. The zero-order valence-electron chi connectivity index (χ0n) is 15.7. The van der Waals surface area contributed by atoms with Crippen LogP contribution in [0, 0.1) is 0 Å². The maximum Gasteiger partial charge on any atom is 0.573 e. The molecule has 1 amide bonds. The zero-order chi connectivity index (χ0) is 20.6. The lowest BCUT2D eigenvalue weighted by Gasteiger charge is -2.19. The summed E-state index contributed by atoms with van der Waals surface area (Å²) in [5.41, 5.74) is 1.07. The van der Waals surface area contributed by atoms with Gasteiger partial charge in [-0.25, -0.2) is 0 Å². The van der Waals surface area contributed by atoms with Gasteiger partial charge in [-0.05, 0) is 36.8 Å². The molecule has 0 spiro atoms. The van der Waals surface area contributed by atoms with Crippen LogP contribution in [0.1, 0.15) is 22.8 Å².